The van der Waals surface area contributed by atoms with Gasteiger partial charge >= 0.3 is 0 Å². The van der Waals surface area contributed by atoms with E-state index in [1.54, 1.807) is 0 Å². The molecule has 0 saturated carbocycles. The van der Waals surface area contributed by atoms with Crippen LogP contribution < -0.4 is 11.5 Å². The van der Waals surface area contributed by atoms with E-state index in [0.717, 1.165) is 6.42 Å². The smallest absolute Gasteiger partial charge is 0.0314 e. The summed E-state index contributed by atoms with van der Waals surface area (Å²) in [5, 5.41) is 0. The third kappa shape index (κ3) is 3.13. The van der Waals surface area contributed by atoms with E-state index in [0.29, 0.717) is 0 Å². The standard InChI is InChI=1S/C12H20N2/c1-9-6-4-5-7-10(9)11(13)8-12(2,3)14/h4-7,11H,8,13-14H2,1-3H3. The Hall–Kier alpha value is -0.860. The number of benzene rings is 1. The summed E-state index contributed by atoms with van der Waals surface area (Å²) in [5.41, 5.74) is 14.3. The highest BCUT2D eigenvalue weighted by molar-refractivity contribution is 5.28. The van der Waals surface area contributed by atoms with Crippen molar-refractivity contribution in [3.8, 4) is 0 Å². The minimum atomic E-state index is -0.207. The Morgan fingerprint density at radius 2 is 1.86 bits per heavy atom. The largest absolute Gasteiger partial charge is 0.325 e. The van der Waals surface area contributed by atoms with E-state index < -0.39 is 0 Å². The molecular formula is C12H20N2. The maximum Gasteiger partial charge on any atom is 0.0314 e. The monoisotopic (exact) mass is 192 g/mol. The zero-order chi connectivity index (χ0) is 10.8. The van der Waals surface area contributed by atoms with Crippen LogP contribution in [-0.2, 0) is 0 Å². The van der Waals surface area contributed by atoms with Gasteiger partial charge in [0.1, 0.15) is 0 Å². The SMILES string of the molecule is Cc1ccccc1C(N)CC(C)(C)N. The van der Waals surface area contributed by atoms with Gasteiger partial charge in [-0.2, -0.15) is 0 Å². The molecule has 4 N–H and O–H groups in total. The van der Waals surface area contributed by atoms with Crippen LogP contribution in [0.15, 0.2) is 24.3 Å². The van der Waals surface area contributed by atoms with E-state index in [9.17, 15) is 0 Å². The molecule has 0 spiro atoms. The zero-order valence-electron chi connectivity index (χ0n) is 9.25. The molecule has 78 valence electrons. The Morgan fingerprint density at radius 1 is 1.29 bits per heavy atom. The molecule has 1 unspecified atom stereocenters. The fraction of sp³-hybridized carbons (Fsp3) is 0.500. The first kappa shape index (κ1) is 11.2. The van der Waals surface area contributed by atoms with Gasteiger partial charge in [0.25, 0.3) is 0 Å². The van der Waals surface area contributed by atoms with Gasteiger partial charge in [-0.3, -0.25) is 0 Å². The molecule has 0 saturated heterocycles. The summed E-state index contributed by atoms with van der Waals surface area (Å²) in [6.45, 7) is 6.09. The van der Waals surface area contributed by atoms with Crippen LogP contribution in [0.1, 0.15) is 37.4 Å². The Kier molecular flexibility index (Phi) is 3.29. The third-order valence-electron chi connectivity index (χ3n) is 2.33. The molecule has 0 heterocycles. The van der Waals surface area contributed by atoms with Gasteiger partial charge in [-0.15, -0.1) is 0 Å². The average Bonchev–Trinajstić information content (AvgIpc) is 2.01. The first-order chi connectivity index (χ1) is 6.40. The van der Waals surface area contributed by atoms with Crippen molar-refractivity contribution in [1.29, 1.82) is 0 Å². The van der Waals surface area contributed by atoms with Crippen molar-refractivity contribution in [2.24, 2.45) is 11.5 Å². The van der Waals surface area contributed by atoms with Crippen molar-refractivity contribution in [3.63, 3.8) is 0 Å². The van der Waals surface area contributed by atoms with Crippen molar-refractivity contribution in [2.45, 2.75) is 38.8 Å². The molecule has 1 rings (SSSR count). The van der Waals surface area contributed by atoms with Gasteiger partial charge in [-0.25, -0.2) is 0 Å². The third-order valence-corrected chi connectivity index (χ3v) is 2.33. The minimum absolute atomic E-state index is 0.0381. The molecule has 1 aromatic carbocycles. The second kappa shape index (κ2) is 4.11. The predicted molar refractivity (Wildman–Crippen MR) is 61.0 cm³/mol. The molecule has 2 nitrogen and oxygen atoms in total. The Labute approximate surface area is 86.3 Å². The number of hydrogen-bond donors (Lipinski definition) is 2. The lowest BCUT2D eigenvalue weighted by Crippen LogP contribution is -2.36. The maximum atomic E-state index is 6.10. The second-order valence-electron chi connectivity index (χ2n) is 4.66. The molecule has 14 heavy (non-hydrogen) atoms. The lowest BCUT2D eigenvalue weighted by Gasteiger charge is -2.24. The number of hydrogen-bond acceptors (Lipinski definition) is 2. The molecule has 0 aliphatic rings. The number of aryl methyl sites for hydroxylation is 1. The fourth-order valence-corrected chi connectivity index (χ4v) is 1.68. The molecule has 0 radical (unpaired) electrons. The van der Waals surface area contributed by atoms with E-state index in [4.69, 9.17) is 11.5 Å². The van der Waals surface area contributed by atoms with Crippen LogP contribution in [0.5, 0.6) is 0 Å². The average molecular weight is 192 g/mol. The van der Waals surface area contributed by atoms with Gasteiger partial charge in [-0.1, -0.05) is 24.3 Å². The van der Waals surface area contributed by atoms with Gasteiger partial charge < -0.3 is 11.5 Å². The highest BCUT2D eigenvalue weighted by Gasteiger charge is 2.18. The Balaban J connectivity index is 2.80. The predicted octanol–water partition coefficient (Wildman–Crippen LogP) is 2.12. The zero-order valence-corrected chi connectivity index (χ0v) is 9.25. The molecule has 2 heteroatoms. The Bertz CT molecular complexity index is 299. The van der Waals surface area contributed by atoms with E-state index in [-0.39, 0.29) is 11.6 Å². The van der Waals surface area contributed by atoms with Crippen LogP contribution in [0.3, 0.4) is 0 Å². The van der Waals surface area contributed by atoms with Crippen LogP contribution in [0.4, 0.5) is 0 Å². The number of nitrogens with two attached hydrogens (primary N) is 2. The van der Waals surface area contributed by atoms with Crippen LogP contribution in [0.25, 0.3) is 0 Å². The van der Waals surface area contributed by atoms with Gasteiger partial charge in [0, 0.05) is 11.6 Å². The molecule has 0 aromatic heterocycles. The summed E-state index contributed by atoms with van der Waals surface area (Å²) < 4.78 is 0. The quantitative estimate of drug-likeness (QED) is 0.770. The molecule has 0 aliphatic heterocycles. The van der Waals surface area contributed by atoms with Gasteiger partial charge in [0.05, 0.1) is 0 Å². The Morgan fingerprint density at radius 3 is 2.36 bits per heavy atom. The van der Waals surface area contributed by atoms with Crippen molar-refractivity contribution in [3.05, 3.63) is 35.4 Å². The number of rotatable bonds is 3. The molecule has 0 aliphatic carbocycles. The molecule has 1 atom stereocenters. The summed E-state index contributed by atoms with van der Waals surface area (Å²) in [6, 6.07) is 8.24. The lowest BCUT2D eigenvalue weighted by atomic mass is 9.91. The summed E-state index contributed by atoms with van der Waals surface area (Å²) in [6.07, 6.45) is 0.803. The molecular weight excluding hydrogens is 172 g/mol. The van der Waals surface area contributed by atoms with Crippen LogP contribution >= 0.6 is 0 Å². The van der Waals surface area contributed by atoms with E-state index >= 15 is 0 Å². The van der Waals surface area contributed by atoms with E-state index in [1.807, 2.05) is 26.0 Å². The van der Waals surface area contributed by atoms with Gasteiger partial charge in [0.2, 0.25) is 0 Å². The topological polar surface area (TPSA) is 52.0 Å². The van der Waals surface area contributed by atoms with Crippen molar-refractivity contribution in [1.82, 2.24) is 0 Å². The van der Waals surface area contributed by atoms with Crippen molar-refractivity contribution >= 4 is 0 Å². The maximum absolute atomic E-state index is 6.10. The first-order valence-corrected chi connectivity index (χ1v) is 5.00. The summed E-state index contributed by atoms with van der Waals surface area (Å²) in [4.78, 5) is 0. The van der Waals surface area contributed by atoms with Crippen LogP contribution in [-0.4, -0.2) is 5.54 Å². The minimum Gasteiger partial charge on any atom is -0.325 e. The summed E-state index contributed by atoms with van der Waals surface area (Å²) in [7, 11) is 0. The summed E-state index contributed by atoms with van der Waals surface area (Å²) >= 11 is 0. The van der Waals surface area contributed by atoms with E-state index in [2.05, 4.69) is 19.1 Å². The lowest BCUT2D eigenvalue weighted by molar-refractivity contribution is 0.428. The van der Waals surface area contributed by atoms with Crippen molar-refractivity contribution in [2.75, 3.05) is 0 Å². The molecule has 0 amide bonds. The van der Waals surface area contributed by atoms with Gasteiger partial charge in [-0.05, 0) is 38.3 Å². The normalized spacial score (nSPS) is 14.1. The molecule has 0 bridgehead atoms. The highest BCUT2D eigenvalue weighted by Crippen LogP contribution is 2.22. The first-order valence-electron chi connectivity index (χ1n) is 5.00. The van der Waals surface area contributed by atoms with E-state index in [1.165, 1.54) is 11.1 Å². The highest BCUT2D eigenvalue weighted by atomic mass is 14.7. The van der Waals surface area contributed by atoms with Gasteiger partial charge in [0.15, 0.2) is 0 Å². The van der Waals surface area contributed by atoms with Crippen LogP contribution in [0, 0.1) is 6.92 Å². The fourth-order valence-electron chi connectivity index (χ4n) is 1.68. The summed E-state index contributed by atoms with van der Waals surface area (Å²) in [5.74, 6) is 0. The second-order valence-corrected chi connectivity index (χ2v) is 4.66. The van der Waals surface area contributed by atoms with Crippen molar-refractivity contribution < 1.29 is 0 Å². The van der Waals surface area contributed by atoms with Crippen LogP contribution in [0.2, 0.25) is 0 Å². The molecule has 1 aromatic rings. The molecule has 0 fully saturated rings.